The average Bonchev–Trinajstić information content (AvgIpc) is 3.12. The summed E-state index contributed by atoms with van der Waals surface area (Å²) in [5.74, 6) is 2.77. The van der Waals surface area contributed by atoms with E-state index in [1.54, 1.807) is 0 Å². The van der Waals surface area contributed by atoms with Crippen molar-refractivity contribution < 1.29 is 4.90 Å². The first-order valence-corrected chi connectivity index (χ1v) is 8.68. The fraction of sp³-hybridized carbons (Fsp3) is 0.556. The Kier molecular flexibility index (Phi) is 3.68. The molecule has 1 aromatic rings. The van der Waals surface area contributed by atoms with Crippen molar-refractivity contribution in [3.05, 3.63) is 41.4 Å². The van der Waals surface area contributed by atoms with Gasteiger partial charge >= 0.3 is 0 Å². The normalized spacial score (nSPS) is 32.0. The first kappa shape index (κ1) is 13.7. The van der Waals surface area contributed by atoms with Crippen molar-refractivity contribution in [1.82, 2.24) is 0 Å². The van der Waals surface area contributed by atoms with Crippen LogP contribution >= 0.6 is 11.6 Å². The van der Waals surface area contributed by atoms with Crippen LogP contribution in [-0.2, 0) is 0 Å². The van der Waals surface area contributed by atoms with E-state index in [-0.39, 0.29) is 0 Å². The largest absolute Gasteiger partial charge is 0.360 e. The van der Waals surface area contributed by atoms with Crippen LogP contribution in [0.5, 0.6) is 0 Å². The number of nitrogens with one attached hydrogen (secondary N) is 1. The number of halogens is 1. The highest BCUT2D eigenvalue weighted by Gasteiger charge is 2.38. The summed E-state index contributed by atoms with van der Waals surface area (Å²) in [6.45, 7) is 6.29. The molecule has 3 atom stereocenters. The molecule has 21 heavy (non-hydrogen) atoms. The predicted octanol–water partition coefficient (Wildman–Crippen LogP) is 2.26. The highest BCUT2D eigenvalue weighted by molar-refractivity contribution is 6.30. The van der Waals surface area contributed by atoms with E-state index in [9.17, 15) is 0 Å². The topological polar surface area (TPSA) is 7.68 Å². The molecule has 3 heteroatoms. The fourth-order valence-electron chi connectivity index (χ4n) is 4.44. The minimum Gasteiger partial charge on any atom is -0.360 e. The second-order valence-corrected chi connectivity index (χ2v) is 7.39. The van der Waals surface area contributed by atoms with Gasteiger partial charge in [0.15, 0.2) is 0 Å². The number of quaternary nitrogens is 1. The Morgan fingerprint density at radius 1 is 1.05 bits per heavy atom. The Morgan fingerprint density at radius 2 is 1.81 bits per heavy atom. The molecule has 1 saturated carbocycles. The molecule has 1 N–H and O–H groups in total. The van der Waals surface area contributed by atoms with Crippen molar-refractivity contribution in [1.29, 1.82) is 0 Å². The van der Waals surface area contributed by atoms with Crippen LogP contribution in [0.2, 0.25) is 5.02 Å². The first-order chi connectivity index (χ1) is 10.3. The lowest BCUT2D eigenvalue weighted by molar-refractivity contribution is -0.904. The van der Waals surface area contributed by atoms with Gasteiger partial charge in [-0.15, -0.1) is 0 Å². The van der Waals surface area contributed by atoms with Crippen molar-refractivity contribution in [3.63, 3.8) is 0 Å². The molecule has 0 amide bonds. The van der Waals surface area contributed by atoms with Crippen LogP contribution < -0.4 is 9.80 Å². The van der Waals surface area contributed by atoms with Gasteiger partial charge in [0.2, 0.25) is 0 Å². The Bertz CT molecular complexity index is 517. The SMILES string of the molecule is Clc1ccc(N2CC[NH+](C[C@@H]3C[C@H]4C=C[C@H]3C4)CC2)cc1. The van der Waals surface area contributed by atoms with Gasteiger partial charge in [-0.25, -0.2) is 0 Å². The summed E-state index contributed by atoms with van der Waals surface area (Å²) in [6.07, 6.45) is 7.83. The molecular formula is C18H24ClN2+. The lowest BCUT2D eigenvalue weighted by Crippen LogP contribution is -3.15. The van der Waals surface area contributed by atoms with Crippen molar-refractivity contribution in [2.45, 2.75) is 12.8 Å². The number of allylic oxidation sites excluding steroid dienone is 2. The summed E-state index contributed by atoms with van der Waals surface area (Å²) in [5.41, 5.74) is 1.32. The third kappa shape index (κ3) is 2.84. The molecule has 2 nitrogen and oxygen atoms in total. The second kappa shape index (κ2) is 5.66. The van der Waals surface area contributed by atoms with E-state index in [0.717, 1.165) is 22.8 Å². The highest BCUT2D eigenvalue weighted by atomic mass is 35.5. The summed E-state index contributed by atoms with van der Waals surface area (Å²) in [5, 5.41) is 0.826. The molecule has 3 aliphatic rings. The number of hydrogen-bond acceptors (Lipinski definition) is 1. The van der Waals surface area contributed by atoms with Gasteiger partial charge in [0.05, 0.1) is 32.7 Å². The zero-order valence-electron chi connectivity index (χ0n) is 12.5. The summed E-state index contributed by atoms with van der Waals surface area (Å²) in [6, 6.07) is 8.29. The van der Waals surface area contributed by atoms with E-state index >= 15 is 0 Å². The summed E-state index contributed by atoms with van der Waals surface area (Å²) in [4.78, 5) is 4.31. The van der Waals surface area contributed by atoms with Gasteiger partial charge < -0.3 is 9.80 Å². The zero-order valence-corrected chi connectivity index (χ0v) is 13.2. The number of nitrogens with zero attached hydrogens (tertiary/aromatic N) is 1. The molecule has 4 rings (SSSR count). The third-order valence-electron chi connectivity index (χ3n) is 5.63. The van der Waals surface area contributed by atoms with Crippen LogP contribution in [0.1, 0.15) is 12.8 Å². The molecule has 2 fully saturated rings. The molecule has 112 valence electrons. The minimum atomic E-state index is 0.826. The summed E-state index contributed by atoms with van der Waals surface area (Å²) >= 11 is 5.97. The maximum atomic E-state index is 5.97. The lowest BCUT2D eigenvalue weighted by atomic mass is 9.93. The fourth-order valence-corrected chi connectivity index (χ4v) is 4.56. The minimum absolute atomic E-state index is 0.826. The number of hydrogen-bond donors (Lipinski definition) is 1. The van der Waals surface area contributed by atoms with Gasteiger partial charge in [-0.05, 0) is 48.9 Å². The quantitative estimate of drug-likeness (QED) is 0.842. The molecule has 1 aromatic carbocycles. The Balaban J connectivity index is 1.30. The highest BCUT2D eigenvalue weighted by Crippen LogP contribution is 2.42. The molecule has 1 aliphatic heterocycles. The van der Waals surface area contributed by atoms with Crippen LogP contribution in [0.15, 0.2) is 36.4 Å². The molecule has 0 spiro atoms. The number of fused-ring (bicyclic) bond motifs is 2. The van der Waals surface area contributed by atoms with Crippen molar-refractivity contribution in [3.8, 4) is 0 Å². The van der Waals surface area contributed by atoms with E-state index in [1.807, 2.05) is 17.0 Å². The second-order valence-electron chi connectivity index (χ2n) is 6.96. The van der Waals surface area contributed by atoms with Gasteiger partial charge in [-0.2, -0.15) is 0 Å². The van der Waals surface area contributed by atoms with Crippen molar-refractivity contribution in [2.75, 3.05) is 37.6 Å². The monoisotopic (exact) mass is 303 g/mol. The number of anilines is 1. The number of rotatable bonds is 3. The van der Waals surface area contributed by atoms with Gasteiger partial charge in [-0.3, -0.25) is 0 Å². The zero-order chi connectivity index (χ0) is 14.2. The van der Waals surface area contributed by atoms with Gasteiger partial charge in [0, 0.05) is 16.6 Å². The lowest BCUT2D eigenvalue weighted by Gasteiger charge is -2.35. The van der Waals surface area contributed by atoms with Crippen LogP contribution in [-0.4, -0.2) is 32.7 Å². The molecule has 0 unspecified atom stereocenters. The molecule has 1 heterocycles. The van der Waals surface area contributed by atoms with Gasteiger partial charge in [0.25, 0.3) is 0 Å². The van der Waals surface area contributed by atoms with E-state index in [0.29, 0.717) is 0 Å². The van der Waals surface area contributed by atoms with Crippen molar-refractivity contribution >= 4 is 17.3 Å². The predicted molar refractivity (Wildman–Crippen MR) is 88.1 cm³/mol. The third-order valence-corrected chi connectivity index (χ3v) is 5.88. The maximum Gasteiger partial charge on any atom is 0.0949 e. The van der Waals surface area contributed by atoms with E-state index in [4.69, 9.17) is 11.6 Å². The van der Waals surface area contributed by atoms with E-state index in [2.05, 4.69) is 29.2 Å². The van der Waals surface area contributed by atoms with Crippen LogP contribution in [0.25, 0.3) is 0 Å². The van der Waals surface area contributed by atoms with Crippen LogP contribution in [0.4, 0.5) is 5.69 Å². The molecule has 0 radical (unpaired) electrons. The van der Waals surface area contributed by atoms with Gasteiger partial charge in [0.1, 0.15) is 0 Å². The summed E-state index contributed by atoms with van der Waals surface area (Å²) < 4.78 is 0. The molecular weight excluding hydrogens is 280 g/mol. The van der Waals surface area contributed by atoms with Crippen molar-refractivity contribution in [2.24, 2.45) is 17.8 Å². The average molecular weight is 304 g/mol. The molecule has 0 aromatic heterocycles. The van der Waals surface area contributed by atoms with Crippen LogP contribution in [0, 0.1) is 17.8 Å². The van der Waals surface area contributed by atoms with Gasteiger partial charge in [-0.1, -0.05) is 23.8 Å². The van der Waals surface area contributed by atoms with E-state index in [1.165, 1.54) is 51.3 Å². The molecule has 2 aliphatic carbocycles. The summed E-state index contributed by atoms with van der Waals surface area (Å²) in [7, 11) is 0. The molecule has 1 saturated heterocycles. The standard InChI is InChI=1S/C18H23ClN2/c19-17-3-5-18(6-4-17)21-9-7-20(8-10-21)13-16-12-14-1-2-15(16)11-14/h1-6,14-16H,7-13H2/p+1/t14-,15-,16-/m0/s1. The number of benzene rings is 1. The number of piperazine rings is 1. The Labute approximate surface area is 132 Å². The Morgan fingerprint density at radius 3 is 2.43 bits per heavy atom. The van der Waals surface area contributed by atoms with Crippen LogP contribution in [0.3, 0.4) is 0 Å². The molecule has 2 bridgehead atoms. The smallest absolute Gasteiger partial charge is 0.0949 e. The van der Waals surface area contributed by atoms with E-state index < -0.39 is 0 Å². The Hall–Kier alpha value is -0.990. The first-order valence-electron chi connectivity index (χ1n) is 8.30. The maximum absolute atomic E-state index is 5.97.